The highest BCUT2D eigenvalue weighted by Gasteiger charge is 2.19. The number of ether oxygens (including phenoxy) is 3. The molecule has 0 aromatic rings. The predicted molar refractivity (Wildman–Crippen MR) is 325 cm³/mol. The summed E-state index contributed by atoms with van der Waals surface area (Å²) in [6.07, 6.45) is 84.1. The van der Waals surface area contributed by atoms with Crippen molar-refractivity contribution < 1.29 is 28.6 Å². The molecule has 75 heavy (non-hydrogen) atoms. The minimum Gasteiger partial charge on any atom is -0.462 e. The molecular formula is C69H118O6. The Morgan fingerprint density at radius 2 is 0.520 bits per heavy atom. The van der Waals surface area contributed by atoms with E-state index in [9.17, 15) is 14.4 Å². The van der Waals surface area contributed by atoms with Crippen LogP contribution in [0.25, 0.3) is 0 Å². The number of carbonyl (C=O) groups excluding carboxylic acids is 3. The van der Waals surface area contributed by atoms with Gasteiger partial charge in [0, 0.05) is 19.3 Å². The van der Waals surface area contributed by atoms with Crippen molar-refractivity contribution in [1.29, 1.82) is 0 Å². The third-order valence-electron chi connectivity index (χ3n) is 13.6. The molecule has 0 bridgehead atoms. The summed E-state index contributed by atoms with van der Waals surface area (Å²) in [6.45, 7) is 6.51. The van der Waals surface area contributed by atoms with Crippen LogP contribution in [0.3, 0.4) is 0 Å². The lowest BCUT2D eigenvalue weighted by atomic mass is 10.0. The SMILES string of the molecule is CC/C=C\C/C=C\C/C=C\C/C=C\C/C=C\C/C=C\CCCCCCCCCCCCC(=O)OCC(COC(=O)CCCCCCCCCCCCCC)OC(=O)CCCCCCC/C=C\C/C=C\CCCCCC. The average Bonchev–Trinajstić information content (AvgIpc) is 3.41. The Hall–Kier alpha value is -3.67. The van der Waals surface area contributed by atoms with Gasteiger partial charge >= 0.3 is 17.9 Å². The highest BCUT2D eigenvalue weighted by Crippen LogP contribution is 2.16. The minimum atomic E-state index is -0.785. The molecule has 0 heterocycles. The molecule has 0 aliphatic heterocycles. The van der Waals surface area contributed by atoms with E-state index in [-0.39, 0.29) is 31.1 Å². The van der Waals surface area contributed by atoms with Gasteiger partial charge in [-0.25, -0.2) is 0 Å². The van der Waals surface area contributed by atoms with Crippen LogP contribution in [0, 0.1) is 0 Å². The summed E-state index contributed by atoms with van der Waals surface area (Å²) in [5, 5.41) is 0. The monoisotopic (exact) mass is 1040 g/mol. The summed E-state index contributed by atoms with van der Waals surface area (Å²) in [5.74, 6) is -0.891. The third kappa shape index (κ3) is 61.1. The van der Waals surface area contributed by atoms with Gasteiger partial charge in [0.25, 0.3) is 0 Å². The van der Waals surface area contributed by atoms with E-state index in [0.717, 1.165) is 122 Å². The fourth-order valence-corrected chi connectivity index (χ4v) is 8.83. The van der Waals surface area contributed by atoms with Gasteiger partial charge in [-0.05, 0) is 103 Å². The first-order valence-corrected chi connectivity index (χ1v) is 31.7. The molecule has 0 saturated heterocycles. The number of hydrogen-bond donors (Lipinski definition) is 0. The molecule has 0 fully saturated rings. The van der Waals surface area contributed by atoms with Crippen molar-refractivity contribution in [2.75, 3.05) is 13.2 Å². The van der Waals surface area contributed by atoms with Crippen LogP contribution in [-0.4, -0.2) is 37.2 Å². The predicted octanol–water partition coefficient (Wildman–Crippen LogP) is 21.7. The van der Waals surface area contributed by atoms with E-state index in [1.165, 1.54) is 141 Å². The molecule has 0 rings (SSSR count). The highest BCUT2D eigenvalue weighted by molar-refractivity contribution is 5.71. The van der Waals surface area contributed by atoms with E-state index in [2.05, 4.69) is 118 Å². The van der Waals surface area contributed by atoms with Crippen molar-refractivity contribution in [2.45, 2.75) is 309 Å². The normalized spacial score (nSPS) is 12.7. The molecule has 6 nitrogen and oxygen atoms in total. The first-order valence-electron chi connectivity index (χ1n) is 31.7. The zero-order chi connectivity index (χ0) is 54.3. The minimum absolute atomic E-state index is 0.0815. The third-order valence-corrected chi connectivity index (χ3v) is 13.6. The summed E-state index contributed by atoms with van der Waals surface area (Å²) in [4.78, 5) is 38.2. The van der Waals surface area contributed by atoms with Gasteiger partial charge in [0.1, 0.15) is 13.2 Å². The molecule has 0 aliphatic rings. The lowest BCUT2D eigenvalue weighted by molar-refractivity contribution is -0.167. The largest absolute Gasteiger partial charge is 0.462 e. The van der Waals surface area contributed by atoms with Crippen LogP contribution in [0.1, 0.15) is 303 Å². The maximum atomic E-state index is 12.9. The fraction of sp³-hybridized carbons (Fsp3) is 0.725. The average molecular weight is 1040 g/mol. The molecule has 430 valence electrons. The van der Waals surface area contributed by atoms with Crippen molar-refractivity contribution in [3.05, 3.63) is 97.2 Å². The molecule has 1 unspecified atom stereocenters. The van der Waals surface area contributed by atoms with Gasteiger partial charge in [0.2, 0.25) is 0 Å². The quantitative estimate of drug-likeness (QED) is 0.0261. The van der Waals surface area contributed by atoms with Crippen LogP contribution in [0.15, 0.2) is 97.2 Å². The number of hydrogen-bond acceptors (Lipinski definition) is 6. The summed E-state index contributed by atoms with van der Waals surface area (Å²) < 4.78 is 16.9. The maximum absolute atomic E-state index is 12.9. The van der Waals surface area contributed by atoms with Crippen LogP contribution in [0.2, 0.25) is 0 Å². The topological polar surface area (TPSA) is 78.9 Å². The molecular weight excluding hydrogens is 925 g/mol. The summed E-state index contributed by atoms with van der Waals surface area (Å²) in [5.41, 5.74) is 0. The van der Waals surface area contributed by atoms with Crippen LogP contribution >= 0.6 is 0 Å². The van der Waals surface area contributed by atoms with E-state index in [0.29, 0.717) is 19.3 Å². The summed E-state index contributed by atoms with van der Waals surface area (Å²) in [7, 11) is 0. The second kappa shape index (κ2) is 62.9. The van der Waals surface area contributed by atoms with Gasteiger partial charge < -0.3 is 14.2 Å². The maximum Gasteiger partial charge on any atom is 0.306 e. The van der Waals surface area contributed by atoms with Gasteiger partial charge in [-0.15, -0.1) is 0 Å². The number of carbonyl (C=O) groups is 3. The van der Waals surface area contributed by atoms with Crippen LogP contribution in [-0.2, 0) is 28.6 Å². The molecule has 1 atom stereocenters. The van der Waals surface area contributed by atoms with Crippen molar-refractivity contribution in [1.82, 2.24) is 0 Å². The molecule has 0 amide bonds. The Labute approximate surface area is 464 Å². The summed E-state index contributed by atoms with van der Waals surface area (Å²) in [6, 6.07) is 0. The molecule has 6 heteroatoms. The number of allylic oxidation sites excluding steroid dienone is 16. The molecule has 0 radical (unpaired) electrons. The summed E-state index contributed by atoms with van der Waals surface area (Å²) >= 11 is 0. The standard InChI is InChI=1S/C69H118O6/c1-4-7-10-13-16-19-22-25-27-29-30-31-32-33-34-35-36-37-38-39-40-41-43-44-47-50-53-56-59-62-68(71)74-65-66(64-73-67(70)61-58-55-52-49-46-24-21-18-15-12-9-6-3)75-69(72)63-60-57-54-51-48-45-42-28-26-23-20-17-14-11-8-5-2/h7,10,16,19-20,23,25,27-28,30-31,33-34,36-37,42,66H,4-6,8-9,11-15,17-18,21-22,24,26,29,32,35,38-41,43-65H2,1-3H3/b10-7-,19-16-,23-20-,27-25-,31-30-,34-33-,37-36-,42-28-. The smallest absolute Gasteiger partial charge is 0.306 e. The number of esters is 3. The van der Waals surface area contributed by atoms with Gasteiger partial charge in [-0.2, -0.15) is 0 Å². The van der Waals surface area contributed by atoms with Gasteiger partial charge in [-0.3, -0.25) is 14.4 Å². The van der Waals surface area contributed by atoms with Crippen LogP contribution in [0.5, 0.6) is 0 Å². The van der Waals surface area contributed by atoms with E-state index in [4.69, 9.17) is 14.2 Å². The van der Waals surface area contributed by atoms with Crippen LogP contribution in [0.4, 0.5) is 0 Å². The van der Waals surface area contributed by atoms with Crippen molar-refractivity contribution in [3.63, 3.8) is 0 Å². The van der Waals surface area contributed by atoms with E-state index < -0.39 is 6.10 Å². The Balaban J connectivity index is 4.27. The molecule has 0 spiro atoms. The first-order chi connectivity index (χ1) is 37.0. The first kappa shape index (κ1) is 71.3. The van der Waals surface area contributed by atoms with Crippen molar-refractivity contribution in [3.8, 4) is 0 Å². The van der Waals surface area contributed by atoms with E-state index in [1.54, 1.807) is 0 Å². The van der Waals surface area contributed by atoms with Gasteiger partial charge in [0.15, 0.2) is 6.10 Å². The van der Waals surface area contributed by atoms with E-state index in [1.807, 2.05) is 0 Å². The highest BCUT2D eigenvalue weighted by atomic mass is 16.6. The number of rotatable bonds is 57. The Kier molecular flexibility index (Phi) is 59.8. The second-order valence-electron chi connectivity index (χ2n) is 20.9. The number of unbranched alkanes of at least 4 members (excludes halogenated alkanes) is 30. The van der Waals surface area contributed by atoms with E-state index >= 15 is 0 Å². The molecule has 0 aromatic heterocycles. The lowest BCUT2D eigenvalue weighted by Gasteiger charge is -2.18. The molecule has 0 aromatic carbocycles. The fourth-order valence-electron chi connectivity index (χ4n) is 8.83. The molecule has 0 aliphatic carbocycles. The second-order valence-corrected chi connectivity index (χ2v) is 20.9. The molecule has 0 saturated carbocycles. The van der Waals surface area contributed by atoms with Crippen LogP contribution < -0.4 is 0 Å². The van der Waals surface area contributed by atoms with Gasteiger partial charge in [0.05, 0.1) is 0 Å². The molecule has 0 N–H and O–H groups in total. The zero-order valence-corrected chi connectivity index (χ0v) is 49.3. The van der Waals surface area contributed by atoms with Crippen molar-refractivity contribution >= 4 is 17.9 Å². The Morgan fingerprint density at radius 3 is 0.827 bits per heavy atom. The van der Waals surface area contributed by atoms with Gasteiger partial charge in [-0.1, -0.05) is 279 Å². The zero-order valence-electron chi connectivity index (χ0n) is 49.3. The Bertz CT molecular complexity index is 1480. The Morgan fingerprint density at radius 1 is 0.280 bits per heavy atom. The van der Waals surface area contributed by atoms with Crippen molar-refractivity contribution in [2.24, 2.45) is 0 Å². The lowest BCUT2D eigenvalue weighted by Crippen LogP contribution is -2.30.